The summed E-state index contributed by atoms with van der Waals surface area (Å²) in [6, 6.07) is 11.3. The Morgan fingerprint density at radius 3 is 2.50 bits per heavy atom. The highest BCUT2D eigenvalue weighted by atomic mass is 32.2. The third kappa shape index (κ3) is 8.90. The molecule has 0 aliphatic carbocycles. The molecule has 0 radical (unpaired) electrons. The third-order valence-corrected chi connectivity index (χ3v) is 11.1. The van der Waals surface area contributed by atoms with E-state index in [0.717, 1.165) is 35.4 Å². The normalized spacial score (nSPS) is 16.8. The van der Waals surface area contributed by atoms with Crippen LogP contribution in [0.2, 0.25) is 0 Å². The summed E-state index contributed by atoms with van der Waals surface area (Å²) in [6.07, 6.45) is 3.67. The van der Waals surface area contributed by atoms with Crippen molar-refractivity contribution in [3.05, 3.63) is 53.8 Å². The van der Waals surface area contributed by atoms with Gasteiger partial charge in [-0.1, -0.05) is 12.1 Å². The molecule has 54 heavy (non-hydrogen) atoms. The molecule has 5 rings (SSSR count). The Hall–Kier alpha value is -5.29. The number of ether oxygens (including phenoxy) is 1. The Labute approximate surface area is 315 Å². The summed E-state index contributed by atoms with van der Waals surface area (Å²) in [5, 5.41) is 13.6. The van der Waals surface area contributed by atoms with Gasteiger partial charge in [-0.25, -0.2) is 8.60 Å². The van der Waals surface area contributed by atoms with Gasteiger partial charge in [0.2, 0.25) is 29.4 Å². The molecule has 2 aliphatic rings. The van der Waals surface area contributed by atoms with Gasteiger partial charge in [-0.05, 0) is 79.6 Å². The van der Waals surface area contributed by atoms with Crippen molar-refractivity contribution in [2.75, 3.05) is 81.6 Å². The molecule has 0 bridgehead atoms. The predicted octanol–water partition coefficient (Wildman–Crippen LogP) is 2.04. The molecule has 0 spiro atoms. The predicted molar refractivity (Wildman–Crippen MR) is 203 cm³/mol. The smallest absolute Gasteiger partial charge is 0.253 e. The lowest BCUT2D eigenvalue weighted by Crippen LogP contribution is -2.44. The van der Waals surface area contributed by atoms with Crippen LogP contribution in [0.3, 0.4) is 0 Å². The first kappa shape index (κ1) is 39.9. The summed E-state index contributed by atoms with van der Waals surface area (Å²) >= 11 is -2.02. The van der Waals surface area contributed by atoms with Gasteiger partial charge >= 0.3 is 0 Å². The number of likely N-dealkylation sites (N-methyl/N-ethyl adjacent to an activating group) is 3. The standard InChI is InChI=1S/C37H46FN7O8S/c1-39-37(51)30(6-5-16-46)43(4)29-10-8-25(18-31(29)42(3)23-47)24-11-13-44(14-12-24)22-34(50)41(2)15-17-53-27-9-7-26-19-32(48)36(35(38)28(26)20-27)45-21-33(49)40-54(45)52/h7-10,16,18-20,23-24,30,48H,5-6,11-15,17,21-22H2,1-4H3,(H,39,51)(H,40,49). The molecule has 2 saturated heterocycles. The first-order chi connectivity index (χ1) is 25.9. The van der Waals surface area contributed by atoms with Gasteiger partial charge in [-0.3, -0.25) is 33.1 Å². The first-order valence-electron chi connectivity index (χ1n) is 17.6. The van der Waals surface area contributed by atoms with Crippen LogP contribution in [0.5, 0.6) is 11.5 Å². The van der Waals surface area contributed by atoms with Gasteiger partial charge in [0.15, 0.2) is 5.82 Å². The summed E-state index contributed by atoms with van der Waals surface area (Å²) in [5.41, 5.74) is 2.06. The molecule has 290 valence electrons. The molecule has 2 unspecified atom stereocenters. The van der Waals surface area contributed by atoms with Crippen molar-refractivity contribution in [2.45, 2.75) is 37.6 Å². The van der Waals surface area contributed by atoms with E-state index in [9.17, 15) is 33.3 Å². The Kier molecular flexibility index (Phi) is 13.1. The van der Waals surface area contributed by atoms with Gasteiger partial charge in [0.25, 0.3) is 5.91 Å². The number of nitrogens with one attached hydrogen (secondary N) is 2. The molecule has 17 heteroatoms. The second kappa shape index (κ2) is 17.7. The lowest BCUT2D eigenvalue weighted by molar-refractivity contribution is -0.131. The van der Waals surface area contributed by atoms with E-state index in [2.05, 4.69) is 14.9 Å². The van der Waals surface area contributed by atoms with Crippen LogP contribution in [0.15, 0.2) is 42.5 Å². The number of fused-ring (bicyclic) bond motifs is 1. The highest BCUT2D eigenvalue weighted by Gasteiger charge is 2.32. The van der Waals surface area contributed by atoms with E-state index in [0.29, 0.717) is 42.0 Å². The van der Waals surface area contributed by atoms with E-state index in [4.69, 9.17) is 4.74 Å². The van der Waals surface area contributed by atoms with Crippen LogP contribution in [-0.4, -0.2) is 123 Å². The third-order valence-electron chi connectivity index (χ3n) is 9.97. The largest absolute Gasteiger partial charge is 0.506 e. The van der Waals surface area contributed by atoms with E-state index in [-0.39, 0.29) is 61.5 Å². The summed E-state index contributed by atoms with van der Waals surface area (Å²) < 4.78 is 36.7. The van der Waals surface area contributed by atoms with E-state index < -0.39 is 34.7 Å². The van der Waals surface area contributed by atoms with E-state index in [1.54, 1.807) is 50.1 Å². The number of amides is 4. The molecular weight excluding hydrogens is 722 g/mol. The number of hydrogen-bond acceptors (Lipinski definition) is 10. The maximum Gasteiger partial charge on any atom is 0.253 e. The maximum atomic E-state index is 15.5. The molecule has 2 fully saturated rings. The lowest BCUT2D eigenvalue weighted by atomic mass is 9.88. The number of likely N-dealkylation sites (tertiary alicyclic amines) is 1. The first-order valence-corrected chi connectivity index (χ1v) is 18.7. The Bertz CT molecular complexity index is 1920. The van der Waals surface area contributed by atoms with Crippen LogP contribution in [0.4, 0.5) is 21.5 Å². The second-order valence-electron chi connectivity index (χ2n) is 13.4. The number of nitrogens with zero attached hydrogens (tertiary/aromatic N) is 5. The number of hydrogen-bond donors (Lipinski definition) is 3. The number of anilines is 3. The number of aromatic hydroxyl groups is 1. The van der Waals surface area contributed by atoms with Gasteiger partial charge in [0.1, 0.15) is 42.7 Å². The highest BCUT2D eigenvalue weighted by molar-refractivity contribution is 7.85. The van der Waals surface area contributed by atoms with Crippen molar-refractivity contribution < 1.29 is 42.4 Å². The quantitative estimate of drug-likeness (QED) is 0.183. The topological polar surface area (TPSA) is 172 Å². The zero-order valence-electron chi connectivity index (χ0n) is 30.7. The molecule has 2 aliphatic heterocycles. The van der Waals surface area contributed by atoms with Crippen LogP contribution >= 0.6 is 0 Å². The molecule has 3 N–H and O–H groups in total. The van der Waals surface area contributed by atoms with Crippen molar-refractivity contribution in [2.24, 2.45) is 0 Å². The summed E-state index contributed by atoms with van der Waals surface area (Å²) in [4.78, 5) is 67.3. The number of phenols is 1. The highest BCUT2D eigenvalue weighted by Crippen LogP contribution is 2.39. The van der Waals surface area contributed by atoms with Crippen molar-refractivity contribution in [1.82, 2.24) is 19.8 Å². The van der Waals surface area contributed by atoms with Crippen LogP contribution in [0.25, 0.3) is 10.8 Å². The number of halogens is 1. The lowest BCUT2D eigenvalue weighted by Gasteiger charge is -2.34. The van der Waals surface area contributed by atoms with Crippen molar-refractivity contribution in [1.29, 1.82) is 0 Å². The molecule has 15 nitrogen and oxygen atoms in total. The molecule has 3 aromatic rings. The Morgan fingerprint density at radius 2 is 1.85 bits per heavy atom. The van der Waals surface area contributed by atoms with Gasteiger partial charge < -0.3 is 34.7 Å². The number of phenolic OH excluding ortho intramolecular Hbond substituents is 1. The van der Waals surface area contributed by atoms with Gasteiger partial charge in [0.05, 0.1) is 24.5 Å². The fourth-order valence-electron chi connectivity index (χ4n) is 6.82. The van der Waals surface area contributed by atoms with Crippen molar-refractivity contribution >= 4 is 69.4 Å². The Morgan fingerprint density at radius 1 is 1.11 bits per heavy atom. The molecular formula is C37H46FN7O8S. The molecule has 4 amide bonds. The van der Waals surface area contributed by atoms with Crippen molar-refractivity contribution in [3.63, 3.8) is 0 Å². The molecule has 0 aromatic heterocycles. The van der Waals surface area contributed by atoms with Crippen LogP contribution < -0.4 is 28.9 Å². The number of aldehydes is 1. The number of piperidine rings is 1. The average Bonchev–Trinajstić information content (AvgIpc) is 3.50. The molecule has 0 saturated carbocycles. The number of carbonyl (C=O) groups excluding carboxylic acids is 5. The van der Waals surface area contributed by atoms with E-state index in [1.165, 1.54) is 17.0 Å². The monoisotopic (exact) mass is 767 g/mol. The average molecular weight is 768 g/mol. The number of carbonyl (C=O) groups is 5. The van der Waals surface area contributed by atoms with Crippen LogP contribution in [0, 0.1) is 5.82 Å². The minimum atomic E-state index is -2.02. The van der Waals surface area contributed by atoms with Crippen LogP contribution in [0.1, 0.15) is 37.2 Å². The summed E-state index contributed by atoms with van der Waals surface area (Å²) in [5.74, 6) is -1.60. The second-order valence-corrected chi connectivity index (χ2v) is 14.6. The Balaban J connectivity index is 1.15. The molecule has 2 atom stereocenters. The summed E-state index contributed by atoms with van der Waals surface area (Å²) in [6.45, 7) is 1.68. The van der Waals surface area contributed by atoms with Crippen LogP contribution in [-0.2, 0) is 35.1 Å². The fourth-order valence-corrected chi connectivity index (χ4v) is 7.77. The van der Waals surface area contributed by atoms with E-state index in [1.807, 2.05) is 18.2 Å². The zero-order valence-corrected chi connectivity index (χ0v) is 31.6. The fraction of sp³-hybridized carbons (Fsp3) is 0.432. The van der Waals surface area contributed by atoms with Gasteiger partial charge in [0, 0.05) is 40.0 Å². The molecule has 3 aromatic carbocycles. The summed E-state index contributed by atoms with van der Waals surface area (Å²) in [7, 11) is 6.67. The maximum absolute atomic E-state index is 15.5. The number of rotatable bonds is 16. The molecule has 2 heterocycles. The minimum Gasteiger partial charge on any atom is -0.506 e. The zero-order chi connectivity index (χ0) is 39.1. The number of benzene rings is 3. The van der Waals surface area contributed by atoms with Crippen molar-refractivity contribution in [3.8, 4) is 11.5 Å². The minimum absolute atomic E-state index is 0.0778. The van der Waals surface area contributed by atoms with E-state index >= 15 is 4.39 Å². The van der Waals surface area contributed by atoms with Gasteiger partial charge in [-0.15, -0.1) is 0 Å². The van der Waals surface area contributed by atoms with Gasteiger partial charge in [-0.2, -0.15) is 0 Å². The SMILES string of the molecule is CNC(=O)C(CCC=O)N(C)c1ccc(C2CCN(CC(=O)N(C)CCOc3ccc4cc(O)c(N5CC(=O)NS5=O)c(F)c4c3)CC2)cc1N(C)C=O.